The predicted molar refractivity (Wildman–Crippen MR) is 41.5 cm³/mol. The first-order chi connectivity index (χ1) is 4.52. The van der Waals surface area contributed by atoms with E-state index in [4.69, 9.17) is 11.6 Å². The lowest BCUT2D eigenvalue weighted by molar-refractivity contribution is 0.347. The minimum absolute atomic E-state index is 0.125. The maximum Gasteiger partial charge on any atom is 0.107 e. The summed E-state index contributed by atoms with van der Waals surface area (Å²) >= 11 is 5.58. The van der Waals surface area contributed by atoms with E-state index < -0.39 is 0 Å². The number of hydrogen-bond donors (Lipinski definition) is 0. The molecule has 0 aromatic heterocycles. The van der Waals surface area contributed by atoms with Crippen LogP contribution in [-0.2, 0) is 0 Å². The van der Waals surface area contributed by atoms with Gasteiger partial charge in [-0.3, -0.25) is 0 Å². The molecule has 1 aliphatic carbocycles. The van der Waals surface area contributed by atoms with Crippen molar-refractivity contribution >= 4 is 11.6 Å². The first kappa shape index (κ1) is 7.80. The molecule has 2 heteroatoms. The first-order valence-electron chi connectivity index (χ1n) is 3.26. The van der Waals surface area contributed by atoms with Crippen molar-refractivity contribution in [1.82, 2.24) is 0 Å². The summed E-state index contributed by atoms with van der Waals surface area (Å²) in [6.07, 6.45) is 3.91. The molecule has 0 aromatic rings. The molecular weight excluding hydrogens is 151 g/mol. The van der Waals surface area contributed by atoms with Crippen LogP contribution < -0.4 is 0 Å². The van der Waals surface area contributed by atoms with Crippen molar-refractivity contribution in [3.05, 3.63) is 23.0 Å². The fourth-order valence-electron chi connectivity index (χ4n) is 0.826. The number of hydrogen-bond acceptors (Lipinski definition) is 0. The molecule has 10 heavy (non-hydrogen) atoms. The molecule has 0 heterocycles. The summed E-state index contributed by atoms with van der Waals surface area (Å²) in [6, 6.07) is 0. The summed E-state index contributed by atoms with van der Waals surface area (Å²) < 4.78 is 12.9. The van der Waals surface area contributed by atoms with Gasteiger partial charge in [0.15, 0.2) is 0 Å². The van der Waals surface area contributed by atoms with Crippen LogP contribution in [0.1, 0.15) is 20.3 Å². The molecule has 0 fully saturated rings. The van der Waals surface area contributed by atoms with Gasteiger partial charge in [0, 0.05) is 10.4 Å². The molecule has 0 atom stereocenters. The van der Waals surface area contributed by atoms with Gasteiger partial charge in [-0.05, 0) is 12.5 Å². The van der Waals surface area contributed by atoms with E-state index in [0.29, 0.717) is 11.5 Å². The Morgan fingerprint density at radius 3 is 2.60 bits per heavy atom. The van der Waals surface area contributed by atoms with Crippen LogP contribution in [0.15, 0.2) is 23.0 Å². The molecule has 0 saturated heterocycles. The Kier molecular flexibility index (Phi) is 1.86. The second-order valence-corrected chi connectivity index (χ2v) is 3.61. The highest BCUT2D eigenvalue weighted by atomic mass is 35.5. The fraction of sp³-hybridized carbons (Fsp3) is 0.500. The summed E-state index contributed by atoms with van der Waals surface area (Å²) in [5, 5.41) is 0.511. The summed E-state index contributed by atoms with van der Waals surface area (Å²) in [6.45, 7) is 3.72. The second kappa shape index (κ2) is 2.39. The van der Waals surface area contributed by atoms with Gasteiger partial charge in [-0.2, -0.15) is 0 Å². The molecule has 0 N–H and O–H groups in total. The zero-order chi connectivity index (χ0) is 7.78. The van der Waals surface area contributed by atoms with Gasteiger partial charge in [0.1, 0.15) is 5.83 Å². The first-order valence-corrected chi connectivity index (χ1v) is 3.63. The Labute approximate surface area is 65.4 Å². The lowest BCUT2D eigenvalue weighted by atomic mass is 9.85. The van der Waals surface area contributed by atoms with Crippen molar-refractivity contribution in [2.24, 2.45) is 5.41 Å². The molecule has 0 radical (unpaired) electrons. The minimum Gasteiger partial charge on any atom is -0.211 e. The van der Waals surface area contributed by atoms with Crippen molar-refractivity contribution < 1.29 is 4.39 Å². The van der Waals surface area contributed by atoms with Gasteiger partial charge in [0.25, 0.3) is 0 Å². The van der Waals surface area contributed by atoms with Gasteiger partial charge >= 0.3 is 0 Å². The van der Waals surface area contributed by atoms with Crippen molar-refractivity contribution in [2.75, 3.05) is 0 Å². The van der Waals surface area contributed by atoms with E-state index in [9.17, 15) is 4.39 Å². The lowest BCUT2D eigenvalue weighted by Gasteiger charge is -2.23. The molecule has 0 unspecified atom stereocenters. The zero-order valence-corrected chi connectivity index (χ0v) is 6.87. The number of halogens is 2. The van der Waals surface area contributed by atoms with Gasteiger partial charge in [0.05, 0.1) is 0 Å². The van der Waals surface area contributed by atoms with E-state index in [-0.39, 0.29) is 11.2 Å². The van der Waals surface area contributed by atoms with Crippen molar-refractivity contribution in [3.8, 4) is 0 Å². The Balaban J connectivity index is 2.88. The molecule has 0 aliphatic heterocycles. The van der Waals surface area contributed by atoms with Crippen LogP contribution in [0.5, 0.6) is 0 Å². The van der Waals surface area contributed by atoms with Crippen molar-refractivity contribution in [1.29, 1.82) is 0 Å². The molecule has 0 spiro atoms. The normalized spacial score (nSPS) is 23.6. The van der Waals surface area contributed by atoms with Gasteiger partial charge in [-0.25, -0.2) is 4.39 Å². The third-order valence-electron chi connectivity index (χ3n) is 1.72. The molecule has 0 bridgehead atoms. The summed E-state index contributed by atoms with van der Waals surface area (Å²) in [7, 11) is 0. The topological polar surface area (TPSA) is 0 Å². The largest absolute Gasteiger partial charge is 0.211 e. The van der Waals surface area contributed by atoms with Crippen LogP contribution in [0.2, 0.25) is 0 Å². The highest BCUT2D eigenvalue weighted by molar-refractivity contribution is 6.31. The van der Waals surface area contributed by atoms with E-state index >= 15 is 0 Å². The highest BCUT2D eigenvalue weighted by Crippen LogP contribution is 2.36. The van der Waals surface area contributed by atoms with E-state index in [1.807, 2.05) is 19.9 Å². The Hall–Kier alpha value is -0.300. The third kappa shape index (κ3) is 1.40. The van der Waals surface area contributed by atoms with Crippen molar-refractivity contribution in [3.63, 3.8) is 0 Å². The van der Waals surface area contributed by atoms with E-state index in [2.05, 4.69) is 0 Å². The Morgan fingerprint density at radius 2 is 2.20 bits per heavy atom. The molecule has 0 saturated carbocycles. The summed E-state index contributed by atoms with van der Waals surface area (Å²) in [5.74, 6) is -0.125. The average Bonchev–Trinajstić information content (AvgIpc) is 1.81. The van der Waals surface area contributed by atoms with Crippen molar-refractivity contribution in [2.45, 2.75) is 20.3 Å². The van der Waals surface area contributed by atoms with Gasteiger partial charge in [0.2, 0.25) is 0 Å². The number of allylic oxidation sites excluding steroid dienone is 4. The Morgan fingerprint density at radius 1 is 1.60 bits per heavy atom. The molecular formula is C8H10ClF. The van der Waals surface area contributed by atoms with Crippen LogP contribution in [0, 0.1) is 5.41 Å². The van der Waals surface area contributed by atoms with Crippen LogP contribution in [0.4, 0.5) is 4.39 Å². The minimum atomic E-state index is -0.349. The van der Waals surface area contributed by atoms with Gasteiger partial charge in [-0.15, -0.1) is 0 Å². The van der Waals surface area contributed by atoms with E-state index in [1.165, 1.54) is 6.08 Å². The predicted octanol–water partition coefficient (Wildman–Crippen LogP) is 3.39. The summed E-state index contributed by atoms with van der Waals surface area (Å²) in [5.41, 5.74) is -0.349. The van der Waals surface area contributed by atoms with E-state index in [1.54, 1.807) is 0 Å². The molecule has 56 valence electrons. The molecule has 0 amide bonds. The standard InChI is InChI=1S/C8H10ClF/c1-8(2)4-3-6(9)5-7(8)10/h3,5H,4H2,1-2H3. The van der Waals surface area contributed by atoms with Crippen LogP contribution >= 0.6 is 11.6 Å². The molecule has 0 nitrogen and oxygen atoms in total. The van der Waals surface area contributed by atoms with E-state index in [0.717, 1.165) is 0 Å². The lowest BCUT2D eigenvalue weighted by Crippen LogP contribution is -2.13. The van der Waals surface area contributed by atoms with Crippen LogP contribution in [0.25, 0.3) is 0 Å². The zero-order valence-electron chi connectivity index (χ0n) is 6.12. The molecule has 1 aliphatic rings. The molecule has 0 aromatic carbocycles. The smallest absolute Gasteiger partial charge is 0.107 e. The SMILES string of the molecule is CC1(C)CC=C(Cl)C=C1F. The quantitative estimate of drug-likeness (QED) is 0.510. The van der Waals surface area contributed by atoms with Gasteiger partial charge < -0.3 is 0 Å². The van der Waals surface area contributed by atoms with Crippen LogP contribution in [0.3, 0.4) is 0 Å². The monoisotopic (exact) mass is 160 g/mol. The van der Waals surface area contributed by atoms with Gasteiger partial charge in [-0.1, -0.05) is 31.5 Å². The Bertz CT molecular complexity index is 201. The fourth-order valence-corrected chi connectivity index (χ4v) is 0.998. The maximum absolute atomic E-state index is 12.9. The molecule has 1 rings (SSSR count). The third-order valence-corrected chi connectivity index (χ3v) is 1.98. The maximum atomic E-state index is 12.9. The second-order valence-electron chi connectivity index (χ2n) is 3.17. The average molecular weight is 161 g/mol. The summed E-state index contributed by atoms with van der Waals surface area (Å²) in [4.78, 5) is 0. The number of rotatable bonds is 0. The van der Waals surface area contributed by atoms with Crippen LogP contribution in [-0.4, -0.2) is 0 Å². The highest BCUT2D eigenvalue weighted by Gasteiger charge is 2.25.